The Labute approximate surface area is 150 Å². The molecule has 0 saturated carbocycles. The summed E-state index contributed by atoms with van der Waals surface area (Å²) in [6.45, 7) is 1.40. The third-order valence-electron chi connectivity index (χ3n) is 4.73. The van der Waals surface area contributed by atoms with E-state index in [1.165, 1.54) is 12.1 Å². The Morgan fingerprint density at radius 1 is 1.00 bits per heavy atom. The number of para-hydroxylation sites is 1. The zero-order valence-electron chi connectivity index (χ0n) is 14.1. The molecule has 0 N–H and O–H groups in total. The van der Waals surface area contributed by atoms with Gasteiger partial charge in [-0.05, 0) is 59.7 Å². The van der Waals surface area contributed by atoms with Crippen LogP contribution in [0.4, 0.5) is 10.3 Å². The smallest absolute Gasteiger partial charge is 0.250 e. The number of nitrogens with zero attached hydrogens (tertiary/aromatic N) is 5. The molecule has 0 aliphatic carbocycles. The molecule has 1 aromatic heterocycles. The van der Waals surface area contributed by atoms with Gasteiger partial charge in [-0.2, -0.15) is 4.68 Å². The molecule has 0 radical (unpaired) electrons. The molecular weight excluding hydrogens is 333 g/mol. The lowest BCUT2D eigenvalue weighted by molar-refractivity contribution is 0.0900. The molecule has 0 unspecified atom stereocenters. The number of hydrogen-bond donors (Lipinski definition) is 0. The summed E-state index contributed by atoms with van der Waals surface area (Å²) in [4.78, 5) is 14.7. The van der Waals surface area contributed by atoms with Gasteiger partial charge in [-0.1, -0.05) is 23.3 Å². The van der Waals surface area contributed by atoms with E-state index in [1.807, 2.05) is 30.3 Å². The van der Waals surface area contributed by atoms with Gasteiger partial charge in [-0.15, -0.1) is 0 Å². The minimum absolute atomic E-state index is 0.0576. The van der Waals surface area contributed by atoms with Gasteiger partial charge in [0.25, 0.3) is 0 Å². The second-order valence-corrected chi connectivity index (χ2v) is 6.36. The Morgan fingerprint density at radius 2 is 1.69 bits per heavy atom. The minimum Gasteiger partial charge on any atom is -0.339 e. The van der Waals surface area contributed by atoms with Crippen LogP contribution in [-0.4, -0.2) is 39.1 Å². The van der Waals surface area contributed by atoms with E-state index in [0.29, 0.717) is 24.6 Å². The van der Waals surface area contributed by atoms with Crippen LogP contribution in [0.25, 0.3) is 5.69 Å². The van der Waals surface area contributed by atoms with E-state index in [9.17, 15) is 9.18 Å². The fraction of sp³-hybridized carbons (Fsp3) is 0.263. The molecule has 0 spiro atoms. The average molecular weight is 351 g/mol. The summed E-state index contributed by atoms with van der Waals surface area (Å²) in [7, 11) is 0. The van der Waals surface area contributed by atoms with Crippen molar-refractivity contribution in [2.24, 2.45) is 5.92 Å². The number of benzene rings is 2. The zero-order chi connectivity index (χ0) is 17.9. The summed E-state index contributed by atoms with van der Waals surface area (Å²) in [5, 5.41) is 12.0. The van der Waals surface area contributed by atoms with Gasteiger partial charge >= 0.3 is 0 Å². The number of tetrazole rings is 1. The normalized spacial score (nSPS) is 15.2. The summed E-state index contributed by atoms with van der Waals surface area (Å²) >= 11 is 0. The first kappa shape index (κ1) is 16.4. The number of anilines is 1. The lowest BCUT2D eigenvalue weighted by Crippen LogP contribution is -2.37. The number of hydrogen-bond acceptors (Lipinski definition) is 5. The summed E-state index contributed by atoms with van der Waals surface area (Å²) < 4.78 is 14.7. The number of halogens is 1. The Bertz CT molecular complexity index is 886. The highest BCUT2D eigenvalue weighted by Gasteiger charge is 2.28. The van der Waals surface area contributed by atoms with Crippen LogP contribution < -0.4 is 4.90 Å². The van der Waals surface area contributed by atoms with Gasteiger partial charge in [0.05, 0.1) is 5.69 Å². The fourth-order valence-corrected chi connectivity index (χ4v) is 3.31. The van der Waals surface area contributed by atoms with E-state index < -0.39 is 0 Å². The maximum Gasteiger partial charge on any atom is 0.250 e. The molecule has 0 bridgehead atoms. The van der Waals surface area contributed by atoms with Gasteiger partial charge in [0.1, 0.15) is 5.82 Å². The van der Waals surface area contributed by atoms with E-state index in [2.05, 4.69) is 20.4 Å². The van der Waals surface area contributed by atoms with E-state index in [-0.39, 0.29) is 17.5 Å². The lowest BCUT2D eigenvalue weighted by atomic mass is 9.89. The summed E-state index contributed by atoms with van der Waals surface area (Å²) in [5.41, 5.74) is 1.47. The molecule has 7 heteroatoms. The van der Waals surface area contributed by atoms with Gasteiger partial charge in [0.15, 0.2) is 5.78 Å². The quantitative estimate of drug-likeness (QED) is 0.676. The van der Waals surface area contributed by atoms with Crippen LogP contribution in [0.15, 0.2) is 54.6 Å². The van der Waals surface area contributed by atoms with Crippen LogP contribution in [-0.2, 0) is 0 Å². The van der Waals surface area contributed by atoms with Crippen LogP contribution in [0.3, 0.4) is 0 Å². The van der Waals surface area contributed by atoms with Gasteiger partial charge in [-0.3, -0.25) is 4.79 Å². The predicted octanol–water partition coefficient (Wildman–Crippen LogP) is 2.90. The highest BCUT2D eigenvalue weighted by molar-refractivity contribution is 5.97. The van der Waals surface area contributed by atoms with Crippen molar-refractivity contribution in [3.05, 3.63) is 66.0 Å². The molecule has 26 heavy (non-hydrogen) atoms. The molecule has 1 aliphatic rings. The summed E-state index contributed by atoms with van der Waals surface area (Å²) in [5.74, 6) is 0.373. The van der Waals surface area contributed by atoms with Crippen LogP contribution in [0.5, 0.6) is 0 Å². The number of aromatic nitrogens is 4. The SMILES string of the molecule is O=C(c1ccc(F)cc1)C1CCN(c2nnnn2-c2ccccc2)CC1. The van der Waals surface area contributed by atoms with Gasteiger partial charge < -0.3 is 4.90 Å². The predicted molar refractivity (Wildman–Crippen MR) is 94.8 cm³/mol. The second-order valence-electron chi connectivity index (χ2n) is 6.36. The Kier molecular flexibility index (Phi) is 4.43. The fourth-order valence-electron chi connectivity index (χ4n) is 3.31. The maximum absolute atomic E-state index is 13.0. The number of carbonyl (C=O) groups excluding carboxylic acids is 1. The third kappa shape index (κ3) is 3.20. The molecule has 1 saturated heterocycles. The highest BCUT2D eigenvalue weighted by Crippen LogP contribution is 2.25. The number of Topliss-reactive ketones (excluding diaryl/α,β-unsaturated/α-hetero) is 1. The standard InChI is InChI=1S/C19H18FN5O/c20-16-8-6-14(7-9-16)18(26)15-10-12-24(13-11-15)19-21-22-23-25(19)17-4-2-1-3-5-17/h1-9,15H,10-13H2. The molecule has 6 nitrogen and oxygen atoms in total. The lowest BCUT2D eigenvalue weighted by Gasteiger charge is -2.31. The van der Waals surface area contributed by atoms with Crippen molar-refractivity contribution in [3.8, 4) is 5.69 Å². The first-order valence-electron chi connectivity index (χ1n) is 8.61. The molecule has 0 amide bonds. The van der Waals surface area contributed by atoms with E-state index in [4.69, 9.17) is 0 Å². The van der Waals surface area contributed by atoms with E-state index in [1.54, 1.807) is 16.8 Å². The van der Waals surface area contributed by atoms with Gasteiger partial charge in [0.2, 0.25) is 5.95 Å². The minimum atomic E-state index is -0.330. The Balaban J connectivity index is 1.45. The second kappa shape index (κ2) is 7.03. The number of rotatable bonds is 4. The van der Waals surface area contributed by atoms with E-state index in [0.717, 1.165) is 18.5 Å². The van der Waals surface area contributed by atoms with E-state index >= 15 is 0 Å². The monoisotopic (exact) mass is 351 g/mol. The molecule has 1 aliphatic heterocycles. The third-order valence-corrected chi connectivity index (χ3v) is 4.73. The van der Waals surface area contributed by atoms with Crippen molar-refractivity contribution in [2.45, 2.75) is 12.8 Å². The molecule has 0 atom stereocenters. The highest BCUT2D eigenvalue weighted by atomic mass is 19.1. The molecule has 3 aromatic rings. The van der Waals surface area contributed by atoms with Crippen molar-refractivity contribution in [2.75, 3.05) is 18.0 Å². The molecular formula is C19H18FN5O. The first-order chi connectivity index (χ1) is 12.7. The largest absolute Gasteiger partial charge is 0.339 e. The number of piperidine rings is 1. The zero-order valence-corrected chi connectivity index (χ0v) is 14.1. The number of carbonyl (C=O) groups is 1. The number of ketones is 1. The van der Waals surface area contributed by atoms with Crippen LogP contribution in [0.2, 0.25) is 0 Å². The Hall–Kier alpha value is -3.09. The van der Waals surface area contributed by atoms with Gasteiger partial charge in [0, 0.05) is 24.6 Å². The van der Waals surface area contributed by atoms with Crippen molar-refractivity contribution in [3.63, 3.8) is 0 Å². The van der Waals surface area contributed by atoms with Crippen LogP contribution in [0.1, 0.15) is 23.2 Å². The van der Waals surface area contributed by atoms with Crippen molar-refractivity contribution in [1.29, 1.82) is 0 Å². The molecule has 2 heterocycles. The molecule has 132 valence electrons. The first-order valence-corrected chi connectivity index (χ1v) is 8.61. The molecule has 2 aromatic carbocycles. The average Bonchev–Trinajstić information content (AvgIpc) is 3.19. The van der Waals surface area contributed by atoms with Crippen LogP contribution >= 0.6 is 0 Å². The van der Waals surface area contributed by atoms with Crippen molar-refractivity contribution >= 4 is 11.7 Å². The van der Waals surface area contributed by atoms with Crippen LogP contribution in [0, 0.1) is 11.7 Å². The summed E-state index contributed by atoms with van der Waals surface area (Å²) in [6, 6.07) is 15.5. The van der Waals surface area contributed by atoms with Crippen molar-refractivity contribution in [1.82, 2.24) is 20.2 Å². The van der Waals surface area contributed by atoms with Crippen molar-refractivity contribution < 1.29 is 9.18 Å². The van der Waals surface area contributed by atoms with Gasteiger partial charge in [-0.25, -0.2) is 4.39 Å². The summed E-state index contributed by atoms with van der Waals surface area (Å²) in [6.07, 6.45) is 1.44. The molecule has 1 fully saturated rings. The topological polar surface area (TPSA) is 63.9 Å². The molecule has 4 rings (SSSR count). The Morgan fingerprint density at radius 3 is 2.38 bits per heavy atom. The maximum atomic E-state index is 13.0.